The molecule has 1 amide bonds. The molecule has 0 bridgehead atoms. The maximum absolute atomic E-state index is 12.8. The summed E-state index contributed by atoms with van der Waals surface area (Å²) in [5.74, 6) is -0.362. The van der Waals surface area contributed by atoms with Crippen molar-refractivity contribution in [1.29, 1.82) is 0 Å². The number of rotatable bonds is 8. The first-order chi connectivity index (χ1) is 15.4. The molecule has 164 valence electrons. The van der Waals surface area contributed by atoms with Crippen molar-refractivity contribution in [3.63, 3.8) is 0 Å². The number of aromatic nitrogens is 2. The molecule has 2 aromatic heterocycles. The van der Waals surface area contributed by atoms with Gasteiger partial charge in [-0.1, -0.05) is 36.4 Å². The summed E-state index contributed by atoms with van der Waals surface area (Å²) in [5.41, 5.74) is 3.01. The number of hydrogen-bond donors (Lipinski definition) is 2. The second-order valence-corrected chi connectivity index (χ2v) is 10.0. The van der Waals surface area contributed by atoms with Gasteiger partial charge < -0.3 is 5.32 Å². The Morgan fingerprint density at radius 2 is 1.88 bits per heavy atom. The van der Waals surface area contributed by atoms with E-state index in [1.807, 2.05) is 48.0 Å². The number of hydrogen-bond acceptors (Lipinski definition) is 5. The number of fused-ring (bicyclic) bond motifs is 1. The summed E-state index contributed by atoms with van der Waals surface area (Å²) in [4.78, 5) is 14.3. The Hall–Kier alpha value is -3.27. The number of para-hydroxylation sites is 1. The molecule has 9 heteroatoms. The van der Waals surface area contributed by atoms with Gasteiger partial charge in [-0.05, 0) is 42.8 Å². The molecule has 7 nitrogen and oxygen atoms in total. The molecular formula is C23H22N4O3S2. The normalized spacial score (nSPS) is 11.5. The number of thiophene rings is 1. The first-order valence-corrected chi connectivity index (χ1v) is 12.4. The van der Waals surface area contributed by atoms with Crippen LogP contribution in [0.15, 0.2) is 73.3 Å². The van der Waals surface area contributed by atoms with E-state index in [-0.39, 0.29) is 18.2 Å². The average Bonchev–Trinajstić information content (AvgIpc) is 3.35. The minimum atomic E-state index is -3.43. The molecule has 4 rings (SSSR count). The smallest absolute Gasteiger partial charge is 0.265 e. The van der Waals surface area contributed by atoms with E-state index >= 15 is 0 Å². The fourth-order valence-corrected chi connectivity index (χ4v) is 5.42. The molecule has 2 aromatic carbocycles. The number of benzene rings is 2. The largest absolute Gasteiger partial charge is 0.321 e. The molecule has 0 atom stereocenters. The zero-order valence-corrected chi connectivity index (χ0v) is 19.0. The number of sulfonamides is 1. The van der Waals surface area contributed by atoms with Crippen molar-refractivity contribution in [3.05, 3.63) is 89.5 Å². The molecule has 0 aliphatic carbocycles. The highest BCUT2D eigenvalue weighted by Crippen LogP contribution is 2.30. The van der Waals surface area contributed by atoms with Crippen molar-refractivity contribution >= 4 is 43.2 Å². The predicted octanol–water partition coefficient (Wildman–Crippen LogP) is 4.25. The van der Waals surface area contributed by atoms with Crippen LogP contribution in [-0.2, 0) is 15.8 Å². The van der Waals surface area contributed by atoms with Crippen LogP contribution >= 0.6 is 11.3 Å². The quantitative estimate of drug-likeness (QED) is 0.380. The molecule has 0 saturated carbocycles. The summed E-state index contributed by atoms with van der Waals surface area (Å²) >= 11 is 1.38. The standard InChI is InChI=1S/C23H22N4O3S2/c1-3-13-24-32(29,30)15-17-9-11-18(12-10-17)25-22(28)21-14-20-16(2)26-27(23(20)31-21)19-7-5-4-6-8-19/h3-12,14,24H,1,13,15H2,2H3,(H,25,28). The number of carbonyl (C=O) groups is 1. The minimum absolute atomic E-state index is 0.138. The van der Waals surface area contributed by atoms with Crippen LogP contribution in [0.4, 0.5) is 5.69 Å². The molecule has 2 heterocycles. The van der Waals surface area contributed by atoms with E-state index in [9.17, 15) is 13.2 Å². The lowest BCUT2D eigenvalue weighted by Gasteiger charge is -2.07. The molecule has 0 fully saturated rings. The number of anilines is 1. The summed E-state index contributed by atoms with van der Waals surface area (Å²) in [6, 6.07) is 18.4. The summed E-state index contributed by atoms with van der Waals surface area (Å²) in [7, 11) is -3.43. The monoisotopic (exact) mass is 466 g/mol. The fraction of sp³-hybridized carbons (Fsp3) is 0.130. The second-order valence-electron chi connectivity index (χ2n) is 7.21. The van der Waals surface area contributed by atoms with Crippen LogP contribution in [0.3, 0.4) is 0 Å². The van der Waals surface area contributed by atoms with Crippen LogP contribution in [0.25, 0.3) is 15.9 Å². The van der Waals surface area contributed by atoms with Crippen LogP contribution in [0.1, 0.15) is 20.9 Å². The number of carbonyl (C=O) groups excluding carboxylic acids is 1. The Kier molecular flexibility index (Phi) is 6.22. The number of amides is 1. The van der Waals surface area contributed by atoms with E-state index in [4.69, 9.17) is 0 Å². The molecule has 0 radical (unpaired) electrons. The van der Waals surface area contributed by atoms with Gasteiger partial charge in [0, 0.05) is 17.6 Å². The Morgan fingerprint density at radius 1 is 1.16 bits per heavy atom. The summed E-state index contributed by atoms with van der Waals surface area (Å²) in [6.45, 7) is 5.61. The Labute approximate surface area is 190 Å². The third-order valence-corrected chi connectivity index (χ3v) is 7.21. The van der Waals surface area contributed by atoms with Gasteiger partial charge in [0.1, 0.15) is 4.83 Å². The van der Waals surface area contributed by atoms with Gasteiger partial charge in [0.25, 0.3) is 5.91 Å². The maximum Gasteiger partial charge on any atom is 0.265 e. The van der Waals surface area contributed by atoms with E-state index in [0.717, 1.165) is 21.6 Å². The van der Waals surface area contributed by atoms with Crippen molar-refractivity contribution in [2.45, 2.75) is 12.7 Å². The van der Waals surface area contributed by atoms with Crippen LogP contribution in [0, 0.1) is 6.92 Å². The molecule has 0 aliphatic rings. The van der Waals surface area contributed by atoms with E-state index in [1.165, 1.54) is 17.4 Å². The summed E-state index contributed by atoms with van der Waals surface area (Å²) in [6.07, 6.45) is 1.49. The summed E-state index contributed by atoms with van der Waals surface area (Å²) in [5, 5.41) is 8.41. The zero-order chi connectivity index (χ0) is 22.7. The van der Waals surface area contributed by atoms with Crippen molar-refractivity contribution in [2.24, 2.45) is 0 Å². The Balaban J connectivity index is 1.50. The topological polar surface area (TPSA) is 93.1 Å². The first kappa shape index (κ1) is 21.9. The van der Waals surface area contributed by atoms with E-state index in [0.29, 0.717) is 16.1 Å². The first-order valence-electron chi connectivity index (χ1n) is 9.89. The SMILES string of the molecule is C=CCNS(=O)(=O)Cc1ccc(NC(=O)c2cc3c(C)nn(-c4ccccc4)c3s2)cc1. The van der Waals surface area contributed by atoms with Crippen molar-refractivity contribution in [3.8, 4) is 5.69 Å². The van der Waals surface area contributed by atoms with Gasteiger partial charge in [-0.2, -0.15) is 5.10 Å². The van der Waals surface area contributed by atoms with Gasteiger partial charge in [0.05, 0.1) is 22.0 Å². The highest BCUT2D eigenvalue weighted by molar-refractivity contribution is 7.88. The highest BCUT2D eigenvalue weighted by atomic mass is 32.2. The molecular weight excluding hydrogens is 444 g/mol. The number of aryl methyl sites for hydroxylation is 1. The van der Waals surface area contributed by atoms with Crippen molar-refractivity contribution < 1.29 is 13.2 Å². The molecule has 0 spiro atoms. The molecule has 2 N–H and O–H groups in total. The lowest BCUT2D eigenvalue weighted by Crippen LogP contribution is -2.25. The molecule has 4 aromatic rings. The Morgan fingerprint density at radius 3 is 2.56 bits per heavy atom. The third kappa shape index (κ3) is 4.80. The predicted molar refractivity (Wildman–Crippen MR) is 129 cm³/mol. The minimum Gasteiger partial charge on any atom is -0.321 e. The maximum atomic E-state index is 12.8. The van der Waals surface area contributed by atoms with E-state index < -0.39 is 10.0 Å². The van der Waals surface area contributed by atoms with Crippen LogP contribution < -0.4 is 10.0 Å². The molecule has 0 unspecified atom stereocenters. The highest BCUT2D eigenvalue weighted by Gasteiger charge is 2.17. The molecule has 0 saturated heterocycles. The number of nitrogens with zero attached hydrogens (tertiary/aromatic N) is 2. The van der Waals surface area contributed by atoms with E-state index in [1.54, 1.807) is 24.3 Å². The van der Waals surface area contributed by atoms with E-state index in [2.05, 4.69) is 21.7 Å². The lowest BCUT2D eigenvalue weighted by atomic mass is 10.2. The second kappa shape index (κ2) is 9.07. The lowest BCUT2D eigenvalue weighted by molar-refractivity contribution is 0.103. The van der Waals surface area contributed by atoms with Gasteiger partial charge in [-0.15, -0.1) is 17.9 Å². The molecule has 0 aliphatic heterocycles. The average molecular weight is 467 g/mol. The van der Waals surface area contributed by atoms with Gasteiger partial charge in [0.15, 0.2) is 0 Å². The van der Waals surface area contributed by atoms with Crippen LogP contribution in [-0.4, -0.2) is 30.7 Å². The summed E-state index contributed by atoms with van der Waals surface area (Å²) < 4.78 is 28.3. The van der Waals surface area contributed by atoms with Crippen molar-refractivity contribution in [2.75, 3.05) is 11.9 Å². The van der Waals surface area contributed by atoms with Gasteiger partial charge in [-0.3, -0.25) is 4.79 Å². The van der Waals surface area contributed by atoms with Gasteiger partial charge >= 0.3 is 0 Å². The van der Waals surface area contributed by atoms with Crippen LogP contribution in [0.5, 0.6) is 0 Å². The molecule has 32 heavy (non-hydrogen) atoms. The van der Waals surface area contributed by atoms with Gasteiger partial charge in [-0.25, -0.2) is 17.8 Å². The zero-order valence-electron chi connectivity index (χ0n) is 17.4. The van der Waals surface area contributed by atoms with Crippen molar-refractivity contribution in [1.82, 2.24) is 14.5 Å². The number of nitrogens with one attached hydrogen (secondary N) is 2. The third-order valence-electron chi connectivity index (χ3n) is 4.79. The fourth-order valence-electron chi connectivity index (χ4n) is 3.24. The van der Waals surface area contributed by atoms with Gasteiger partial charge in [0.2, 0.25) is 10.0 Å². The van der Waals surface area contributed by atoms with Crippen LogP contribution in [0.2, 0.25) is 0 Å². The Bertz CT molecular complexity index is 1370.